The van der Waals surface area contributed by atoms with E-state index in [0.717, 1.165) is 37.4 Å². The molecule has 166 valence electrons. The lowest BCUT2D eigenvalue weighted by atomic mass is 9.90. The molecule has 1 fully saturated rings. The fraction of sp³-hybridized carbons (Fsp3) is 0.542. The second-order valence-corrected chi connectivity index (χ2v) is 8.58. The third kappa shape index (κ3) is 4.51. The minimum atomic E-state index is -0.461. The Morgan fingerprint density at radius 2 is 2.00 bits per heavy atom. The highest BCUT2D eigenvalue weighted by Crippen LogP contribution is 2.40. The Balaban J connectivity index is 1.69. The van der Waals surface area contributed by atoms with Crippen LogP contribution in [-0.4, -0.2) is 47.4 Å². The topological polar surface area (TPSA) is 84.9 Å². The number of nitrogens with one attached hydrogen (secondary N) is 3. The van der Waals surface area contributed by atoms with Crippen molar-refractivity contribution in [3.63, 3.8) is 0 Å². The third-order valence-electron chi connectivity index (χ3n) is 6.79. The molecule has 3 heterocycles. The fourth-order valence-corrected chi connectivity index (χ4v) is 5.04. The molecule has 7 nitrogen and oxygen atoms in total. The van der Waals surface area contributed by atoms with Crippen molar-refractivity contribution in [3.05, 3.63) is 40.6 Å². The smallest absolute Gasteiger partial charge is 0.254 e. The van der Waals surface area contributed by atoms with Crippen LogP contribution in [0.5, 0.6) is 0 Å². The lowest BCUT2D eigenvalue weighted by Gasteiger charge is -2.20. The molecule has 0 aromatic carbocycles. The number of aromatic nitrogens is 1. The van der Waals surface area contributed by atoms with Gasteiger partial charge in [0, 0.05) is 36.5 Å². The zero-order valence-electron chi connectivity index (χ0n) is 18.9. The van der Waals surface area contributed by atoms with Crippen LogP contribution in [0, 0.1) is 12.8 Å². The summed E-state index contributed by atoms with van der Waals surface area (Å²) in [6, 6.07) is 0. The summed E-state index contributed by atoms with van der Waals surface area (Å²) in [5, 5.41) is 7.23. The van der Waals surface area contributed by atoms with Crippen molar-refractivity contribution in [2.24, 2.45) is 16.0 Å². The molecule has 0 bridgehead atoms. The van der Waals surface area contributed by atoms with Gasteiger partial charge < -0.3 is 15.2 Å². The Bertz CT molecular complexity index is 928. The predicted octanol–water partition coefficient (Wildman–Crippen LogP) is 3.45. The Morgan fingerprint density at radius 1 is 1.23 bits per heavy atom. The van der Waals surface area contributed by atoms with Gasteiger partial charge in [0.1, 0.15) is 5.92 Å². The maximum atomic E-state index is 12.2. The highest BCUT2D eigenvalue weighted by molar-refractivity contribution is 6.24. The number of carbonyl (C=O) groups excluding carboxylic acids is 1. The molecule has 2 aliphatic heterocycles. The molecule has 1 amide bonds. The molecule has 3 N–H and O–H groups in total. The van der Waals surface area contributed by atoms with Gasteiger partial charge in [0.15, 0.2) is 0 Å². The van der Waals surface area contributed by atoms with Crippen LogP contribution >= 0.6 is 0 Å². The van der Waals surface area contributed by atoms with Gasteiger partial charge in [0.05, 0.1) is 11.4 Å². The maximum Gasteiger partial charge on any atom is 0.254 e. The van der Waals surface area contributed by atoms with Crippen LogP contribution in [0.2, 0.25) is 0 Å². The summed E-state index contributed by atoms with van der Waals surface area (Å²) < 4.78 is 0. The number of allylic oxidation sites excluding steroid dienone is 1. The number of hydrogen-bond donors (Lipinski definition) is 3. The largest absolute Gasteiger partial charge is 0.359 e. The first kappa shape index (κ1) is 21.6. The number of aliphatic imine (C=N–C) groups is 1. The monoisotopic (exact) mass is 422 g/mol. The SMILES string of the molecule is CCN(CC)CCc1c(C)[nH]c(C=C2NC=CN=C2C2C=NNC2=O)c1C1CCCC1. The maximum absolute atomic E-state index is 12.2. The first-order valence-electron chi connectivity index (χ1n) is 11.6. The molecule has 0 saturated heterocycles. The number of hydrogen-bond acceptors (Lipinski definition) is 5. The summed E-state index contributed by atoms with van der Waals surface area (Å²) in [5.41, 5.74) is 9.42. The Labute approximate surface area is 184 Å². The molecular formula is C24H34N6O. The Morgan fingerprint density at radius 3 is 2.68 bits per heavy atom. The van der Waals surface area contributed by atoms with E-state index in [1.165, 1.54) is 42.5 Å². The normalized spacial score (nSPS) is 22.5. The number of amides is 1. The van der Waals surface area contributed by atoms with Crippen LogP contribution in [0.1, 0.15) is 68.0 Å². The number of likely N-dealkylation sites (N-methyl/N-ethyl adjacent to an activating group) is 1. The van der Waals surface area contributed by atoms with Gasteiger partial charge in [0.2, 0.25) is 0 Å². The number of rotatable bonds is 8. The van der Waals surface area contributed by atoms with Gasteiger partial charge >= 0.3 is 0 Å². The van der Waals surface area contributed by atoms with E-state index in [4.69, 9.17) is 0 Å². The summed E-state index contributed by atoms with van der Waals surface area (Å²) in [4.78, 5) is 22.9. The first-order chi connectivity index (χ1) is 15.1. The molecule has 1 aliphatic carbocycles. The average Bonchev–Trinajstić information content (AvgIpc) is 3.51. The minimum Gasteiger partial charge on any atom is -0.359 e. The fourth-order valence-electron chi connectivity index (χ4n) is 5.04. The summed E-state index contributed by atoms with van der Waals surface area (Å²) >= 11 is 0. The van der Waals surface area contributed by atoms with Crippen LogP contribution in [0.25, 0.3) is 6.08 Å². The Kier molecular flexibility index (Phi) is 6.70. The van der Waals surface area contributed by atoms with E-state index >= 15 is 0 Å². The standard InChI is InChI=1S/C24H34N6O/c1-4-30(5-2)13-10-18-16(3)28-20(22(18)17-8-6-7-9-17)14-21-23(26-12-11-25-21)19-15-27-29-24(19)31/h11-12,14-15,17,19,25,28H,4-10,13H2,1-3H3,(H,29,31). The first-order valence-corrected chi connectivity index (χ1v) is 11.6. The second-order valence-electron chi connectivity index (χ2n) is 8.58. The molecule has 1 atom stereocenters. The number of H-pyrrole nitrogens is 1. The molecule has 4 rings (SSSR count). The second kappa shape index (κ2) is 9.64. The number of aromatic amines is 1. The van der Waals surface area contributed by atoms with Gasteiger partial charge in [-0.3, -0.25) is 9.79 Å². The lowest BCUT2D eigenvalue weighted by molar-refractivity contribution is -0.120. The van der Waals surface area contributed by atoms with Crippen LogP contribution in [0.4, 0.5) is 0 Å². The molecular weight excluding hydrogens is 388 g/mol. The molecule has 1 saturated carbocycles. The van der Waals surface area contributed by atoms with Crippen LogP contribution < -0.4 is 10.7 Å². The zero-order chi connectivity index (χ0) is 21.8. The van der Waals surface area contributed by atoms with Crippen molar-refractivity contribution >= 4 is 23.9 Å². The van der Waals surface area contributed by atoms with E-state index in [1.54, 1.807) is 12.4 Å². The zero-order valence-corrected chi connectivity index (χ0v) is 18.9. The van der Waals surface area contributed by atoms with E-state index in [0.29, 0.717) is 11.6 Å². The van der Waals surface area contributed by atoms with Gasteiger partial charge in [-0.05, 0) is 62.4 Å². The number of carbonyl (C=O) groups is 1. The van der Waals surface area contributed by atoms with Gasteiger partial charge in [0.25, 0.3) is 5.91 Å². The summed E-state index contributed by atoms with van der Waals surface area (Å²) in [5.74, 6) is -0.00321. The van der Waals surface area contributed by atoms with E-state index < -0.39 is 5.92 Å². The van der Waals surface area contributed by atoms with Crippen molar-refractivity contribution in [3.8, 4) is 0 Å². The molecule has 1 unspecified atom stereocenters. The summed E-state index contributed by atoms with van der Waals surface area (Å²) in [6.45, 7) is 9.89. The van der Waals surface area contributed by atoms with Crippen molar-refractivity contribution in [1.29, 1.82) is 0 Å². The van der Waals surface area contributed by atoms with Gasteiger partial charge in [-0.25, -0.2) is 5.43 Å². The highest BCUT2D eigenvalue weighted by atomic mass is 16.2. The molecule has 31 heavy (non-hydrogen) atoms. The number of aryl methyl sites for hydroxylation is 1. The van der Waals surface area contributed by atoms with Gasteiger partial charge in [-0.15, -0.1) is 0 Å². The van der Waals surface area contributed by atoms with Crippen LogP contribution in [0.3, 0.4) is 0 Å². The molecule has 7 heteroatoms. The summed E-state index contributed by atoms with van der Waals surface area (Å²) in [6.07, 6.45) is 13.4. The van der Waals surface area contributed by atoms with Crippen molar-refractivity contribution in [2.75, 3.05) is 19.6 Å². The predicted molar refractivity (Wildman–Crippen MR) is 126 cm³/mol. The Hall–Kier alpha value is -2.67. The molecule has 0 radical (unpaired) electrons. The van der Waals surface area contributed by atoms with E-state index in [1.807, 2.05) is 6.20 Å². The van der Waals surface area contributed by atoms with E-state index in [9.17, 15) is 4.79 Å². The quantitative estimate of drug-likeness (QED) is 0.600. The van der Waals surface area contributed by atoms with Crippen molar-refractivity contribution < 1.29 is 4.79 Å². The van der Waals surface area contributed by atoms with E-state index in [-0.39, 0.29) is 5.91 Å². The lowest BCUT2D eigenvalue weighted by Crippen LogP contribution is -2.32. The van der Waals surface area contributed by atoms with Gasteiger partial charge in [-0.1, -0.05) is 26.7 Å². The van der Waals surface area contributed by atoms with Crippen LogP contribution in [-0.2, 0) is 11.2 Å². The van der Waals surface area contributed by atoms with E-state index in [2.05, 4.69) is 57.6 Å². The third-order valence-corrected chi connectivity index (χ3v) is 6.79. The van der Waals surface area contributed by atoms with Gasteiger partial charge in [-0.2, -0.15) is 5.10 Å². The molecule has 1 aromatic rings. The number of nitrogens with zero attached hydrogens (tertiary/aromatic N) is 3. The molecule has 1 aromatic heterocycles. The van der Waals surface area contributed by atoms with Crippen LogP contribution in [0.15, 0.2) is 28.2 Å². The summed E-state index contributed by atoms with van der Waals surface area (Å²) in [7, 11) is 0. The highest BCUT2D eigenvalue weighted by Gasteiger charge is 2.31. The number of hydrazone groups is 1. The van der Waals surface area contributed by atoms with Crippen molar-refractivity contribution in [2.45, 2.75) is 58.8 Å². The minimum absolute atomic E-state index is 0.139. The molecule has 3 aliphatic rings. The van der Waals surface area contributed by atoms with Crippen molar-refractivity contribution in [1.82, 2.24) is 20.6 Å². The average molecular weight is 423 g/mol. The molecule has 0 spiro atoms.